The van der Waals surface area contributed by atoms with E-state index >= 15 is 0 Å². The molecule has 4 rings (SSSR count). The van der Waals surface area contributed by atoms with Crippen LogP contribution in [0.2, 0.25) is 5.02 Å². The number of ether oxygens (including phenoxy) is 1. The molecule has 1 aromatic carbocycles. The summed E-state index contributed by atoms with van der Waals surface area (Å²) in [6.07, 6.45) is 3.06. The monoisotopic (exact) mass is 533 g/mol. The molecule has 13 heteroatoms. The van der Waals surface area contributed by atoms with E-state index in [2.05, 4.69) is 42.0 Å². The molecule has 2 heterocycles. The summed E-state index contributed by atoms with van der Waals surface area (Å²) in [5, 5.41) is 5.84. The van der Waals surface area contributed by atoms with Crippen molar-refractivity contribution < 1.29 is 17.9 Å². The second-order valence-electron chi connectivity index (χ2n) is 8.88. The highest BCUT2D eigenvalue weighted by Gasteiger charge is 2.43. The van der Waals surface area contributed by atoms with Crippen LogP contribution in [0.3, 0.4) is 0 Å². The summed E-state index contributed by atoms with van der Waals surface area (Å²) >= 11 is 6.61. The molecule has 1 amide bonds. The van der Waals surface area contributed by atoms with E-state index in [9.17, 15) is 13.2 Å². The molecule has 1 aliphatic rings. The van der Waals surface area contributed by atoms with Gasteiger partial charge in [0.05, 0.1) is 29.2 Å². The average Bonchev–Trinajstić information content (AvgIpc) is 3.45. The van der Waals surface area contributed by atoms with Gasteiger partial charge in [0, 0.05) is 29.8 Å². The number of benzene rings is 1. The number of anilines is 1. The third-order valence-electron chi connectivity index (χ3n) is 6.08. The SMILES string of the molecule is CNS(=O)(=O)c1cccc(-c2nc(C3(C)CC3)[nH]c2-c2ccnc(NC[C@H](C)NC(=O)OC)n2)c1Cl. The number of methoxy groups -OCH3 is 1. The van der Waals surface area contributed by atoms with Crippen molar-refractivity contribution >= 4 is 33.7 Å². The van der Waals surface area contributed by atoms with E-state index in [4.69, 9.17) is 16.6 Å². The smallest absolute Gasteiger partial charge is 0.407 e. The zero-order chi connectivity index (χ0) is 26.1. The molecular formula is C23H28ClN7O4S. The third-order valence-corrected chi connectivity index (χ3v) is 8.06. The number of aromatic amines is 1. The van der Waals surface area contributed by atoms with Crippen LogP contribution in [0.25, 0.3) is 22.6 Å². The number of halogens is 1. The second-order valence-corrected chi connectivity index (χ2v) is 11.1. The molecule has 1 fully saturated rings. The molecule has 1 aliphatic carbocycles. The lowest BCUT2D eigenvalue weighted by molar-refractivity contribution is 0.168. The molecule has 1 saturated carbocycles. The van der Waals surface area contributed by atoms with Crippen molar-refractivity contribution in [2.24, 2.45) is 0 Å². The predicted molar refractivity (Wildman–Crippen MR) is 136 cm³/mol. The maximum atomic E-state index is 12.5. The van der Waals surface area contributed by atoms with Gasteiger partial charge in [-0.25, -0.2) is 32.9 Å². The summed E-state index contributed by atoms with van der Waals surface area (Å²) in [6.45, 7) is 4.30. The molecule has 3 aromatic rings. The van der Waals surface area contributed by atoms with E-state index in [1.54, 1.807) is 24.4 Å². The molecule has 2 aromatic heterocycles. The number of carbonyl (C=O) groups excluding carboxylic acids is 1. The first-order valence-electron chi connectivity index (χ1n) is 11.3. The van der Waals surface area contributed by atoms with Crippen LogP contribution in [0.4, 0.5) is 10.7 Å². The number of hydrogen-bond donors (Lipinski definition) is 4. The minimum atomic E-state index is -3.77. The highest BCUT2D eigenvalue weighted by Crippen LogP contribution is 2.48. The Balaban J connectivity index is 1.73. The molecule has 4 N–H and O–H groups in total. The van der Waals surface area contributed by atoms with Gasteiger partial charge in [0.25, 0.3) is 0 Å². The number of sulfonamides is 1. The zero-order valence-corrected chi connectivity index (χ0v) is 21.9. The molecule has 36 heavy (non-hydrogen) atoms. The number of rotatable bonds is 9. The molecule has 0 aliphatic heterocycles. The number of nitrogens with zero attached hydrogens (tertiary/aromatic N) is 3. The molecular weight excluding hydrogens is 506 g/mol. The van der Waals surface area contributed by atoms with Crippen molar-refractivity contribution in [3.63, 3.8) is 0 Å². The topological polar surface area (TPSA) is 151 Å². The van der Waals surface area contributed by atoms with Crippen LogP contribution >= 0.6 is 11.6 Å². The van der Waals surface area contributed by atoms with Crippen LogP contribution in [-0.2, 0) is 20.2 Å². The Labute approximate surface area is 214 Å². The van der Waals surface area contributed by atoms with Gasteiger partial charge in [-0.15, -0.1) is 0 Å². The molecule has 192 valence electrons. The lowest BCUT2D eigenvalue weighted by Crippen LogP contribution is -2.37. The second kappa shape index (κ2) is 10.0. The molecule has 0 unspecified atom stereocenters. The van der Waals surface area contributed by atoms with Crippen molar-refractivity contribution in [3.05, 3.63) is 41.3 Å². The van der Waals surface area contributed by atoms with Crippen LogP contribution in [0, 0.1) is 0 Å². The molecule has 0 spiro atoms. The average molecular weight is 534 g/mol. The van der Waals surface area contributed by atoms with E-state index in [0.717, 1.165) is 18.7 Å². The fraction of sp³-hybridized carbons (Fsp3) is 0.391. The Bertz CT molecular complexity index is 1390. The van der Waals surface area contributed by atoms with Crippen molar-refractivity contribution in [2.45, 2.75) is 43.0 Å². The van der Waals surface area contributed by atoms with Crippen LogP contribution in [0.1, 0.15) is 32.5 Å². The molecule has 0 saturated heterocycles. The number of aromatic nitrogens is 4. The van der Waals surface area contributed by atoms with E-state index in [1.807, 2.05) is 6.92 Å². The normalized spacial score (nSPS) is 15.2. The lowest BCUT2D eigenvalue weighted by atomic mass is 10.1. The van der Waals surface area contributed by atoms with Gasteiger partial charge >= 0.3 is 6.09 Å². The van der Waals surface area contributed by atoms with E-state index < -0.39 is 16.1 Å². The highest BCUT2D eigenvalue weighted by molar-refractivity contribution is 7.89. The number of H-pyrrole nitrogens is 1. The summed E-state index contributed by atoms with van der Waals surface area (Å²) in [5.74, 6) is 1.14. The fourth-order valence-electron chi connectivity index (χ4n) is 3.61. The maximum absolute atomic E-state index is 12.5. The lowest BCUT2D eigenvalue weighted by Gasteiger charge is -2.14. The van der Waals surface area contributed by atoms with Crippen LogP contribution in [-0.4, -0.2) is 61.2 Å². The molecule has 0 bridgehead atoms. The van der Waals surface area contributed by atoms with Crippen molar-refractivity contribution in [1.82, 2.24) is 30.0 Å². The van der Waals surface area contributed by atoms with Gasteiger partial charge in [0.2, 0.25) is 16.0 Å². The summed E-state index contributed by atoms with van der Waals surface area (Å²) in [7, 11) is -1.14. The Morgan fingerprint density at radius 3 is 2.69 bits per heavy atom. The van der Waals surface area contributed by atoms with Crippen molar-refractivity contribution in [1.29, 1.82) is 0 Å². The first-order valence-corrected chi connectivity index (χ1v) is 13.2. The van der Waals surface area contributed by atoms with E-state index in [0.29, 0.717) is 35.1 Å². The Kier molecular flexibility index (Phi) is 7.21. The van der Waals surface area contributed by atoms with Gasteiger partial charge in [-0.2, -0.15) is 0 Å². The number of imidazole rings is 1. The number of hydrogen-bond acceptors (Lipinski definition) is 8. The summed E-state index contributed by atoms with van der Waals surface area (Å²) in [4.78, 5) is 28.5. The number of amides is 1. The van der Waals surface area contributed by atoms with Gasteiger partial charge in [-0.3, -0.25) is 0 Å². The molecule has 11 nitrogen and oxygen atoms in total. The van der Waals surface area contributed by atoms with Crippen LogP contribution < -0.4 is 15.4 Å². The number of nitrogens with one attached hydrogen (secondary N) is 4. The van der Waals surface area contributed by atoms with Crippen LogP contribution in [0.15, 0.2) is 35.4 Å². The first-order chi connectivity index (χ1) is 17.1. The van der Waals surface area contributed by atoms with Gasteiger partial charge in [-0.1, -0.05) is 30.7 Å². The Hall–Kier alpha value is -3.22. The maximum Gasteiger partial charge on any atom is 0.407 e. The molecule has 1 atom stereocenters. The first kappa shape index (κ1) is 25.9. The number of alkyl carbamates (subject to hydrolysis) is 1. The van der Waals surface area contributed by atoms with Gasteiger partial charge in [0.15, 0.2) is 0 Å². The third kappa shape index (κ3) is 5.30. The van der Waals surface area contributed by atoms with E-state index in [-0.39, 0.29) is 21.4 Å². The minimum Gasteiger partial charge on any atom is -0.453 e. The highest BCUT2D eigenvalue weighted by atomic mass is 35.5. The van der Waals surface area contributed by atoms with Gasteiger partial charge in [0.1, 0.15) is 10.7 Å². The minimum absolute atomic E-state index is 0.0329. The van der Waals surface area contributed by atoms with Crippen molar-refractivity contribution in [2.75, 3.05) is 26.0 Å². The van der Waals surface area contributed by atoms with Crippen molar-refractivity contribution in [3.8, 4) is 22.6 Å². The predicted octanol–water partition coefficient (Wildman–Crippen LogP) is 3.30. The van der Waals surface area contributed by atoms with Crippen LogP contribution in [0.5, 0.6) is 0 Å². The van der Waals surface area contributed by atoms with E-state index in [1.165, 1.54) is 20.2 Å². The fourth-order valence-corrected chi connectivity index (χ4v) is 4.96. The van der Waals surface area contributed by atoms with Gasteiger partial charge in [-0.05, 0) is 38.9 Å². The summed E-state index contributed by atoms with van der Waals surface area (Å²) in [6, 6.07) is 6.31. The molecule has 0 radical (unpaired) electrons. The largest absolute Gasteiger partial charge is 0.453 e. The standard InChI is InChI=1S/C23H28ClN7O4S/c1-13(28-22(32)35-4)12-27-21-26-11-8-15(29-21)19-18(30-20(31-19)23(2)9-10-23)14-6-5-7-16(17(14)24)36(33,34)25-3/h5-8,11,13,25H,9-10,12H2,1-4H3,(H,28,32)(H,30,31)(H,26,27,29)/t13-/m0/s1. The summed E-state index contributed by atoms with van der Waals surface area (Å²) in [5.41, 5.74) is 2.04. The Morgan fingerprint density at radius 1 is 1.28 bits per heavy atom. The quantitative estimate of drug-likeness (QED) is 0.327. The van der Waals surface area contributed by atoms with Gasteiger partial charge < -0.3 is 20.4 Å². The number of carbonyl (C=O) groups is 1. The summed E-state index contributed by atoms with van der Waals surface area (Å²) < 4.78 is 31.9. The Morgan fingerprint density at radius 2 is 2.03 bits per heavy atom. The zero-order valence-electron chi connectivity index (χ0n) is 20.3.